The number of nitrogens with one attached hydrogen (secondary N) is 2. The molecule has 0 atom stereocenters. The summed E-state index contributed by atoms with van der Waals surface area (Å²) in [4.78, 5) is 30.2. The van der Waals surface area contributed by atoms with E-state index in [1.807, 2.05) is 0 Å². The Hall–Kier alpha value is -1.82. The van der Waals surface area contributed by atoms with Crippen LogP contribution in [0.15, 0.2) is 0 Å². The summed E-state index contributed by atoms with van der Waals surface area (Å²) in [7, 11) is 4.20. The largest absolute Gasteiger partial charge is 0.462 e. The van der Waals surface area contributed by atoms with Gasteiger partial charge in [-0.25, -0.2) is 4.79 Å². The first kappa shape index (κ1) is 20.5. The van der Waals surface area contributed by atoms with Crippen LogP contribution in [0.4, 0.5) is 0 Å². The molecule has 2 N–H and O–H groups in total. The number of ether oxygens (including phenoxy) is 1. The molecule has 6 nitrogen and oxygen atoms in total. The van der Waals surface area contributed by atoms with Gasteiger partial charge in [0.15, 0.2) is 0 Å². The van der Waals surface area contributed by atoms with Crippen molar-refractivity contribution in [3.63, 3.8) is 0 Å². The molecule has 2 rings (SSSR count). The SMILES string of the molecule is CCOC(=O)c1c(C)[nH]c(C(=O)NCC2(N(C)C)CCCCCC2)c1C. The molecule has 1 aromatic heterocycles. The highest BCUT2D eigenvalue weighted by Crippen LogP contribution is 2.30. The number of aromatic nitrogens is 1. The van der Waals surface area contributed by atoms with Crippen molar-refractivity contribution in [1.82, 2.24) is 15.2 Å². The number of carbonyl (C=O) groups excluding carboxylic acids is 2. The average molecular weight is 364 g/mol. The minimum atomic E-state index is -0.383. The number of nitrogens with zero attached hydrogens (tertiary/aromatic N) is 1. The van der Waals surface area contributed by atoms with Gasteiger partial charge < -0.3 is 19.9 Å². The van der Waals surface area contributed by atoms with Crippen LogP contribution in [-0.4, -0.2) is 54.5 Å². The maximum atomic E-state index is 12.8. The van der Waals surface area contributed by atoms with Gasteiger partial charge >= 0.3 is 5.97 Å². The average Bonchev–Trinajstić information content (AvgIpc) is 2.77. The summed E-state index contributed by atoms with van der Waals surface area (Å²) in [5.74, 6) is -0.544. The van der Waals surface area contributed by atoms with E-state index in [-0.39, 0.29) is 17.4 Å². The molecule has 1 aromatic rings. The van der Waals surface area contributed by atoms with Gasteiger partial charge in [0.05, 0.1) is 12.2 Å². The van der Waals surface area contributed by atoms with Gasteiger partial charge in [0.1, 0.15) is 5.69 Å². The van der Waals surface area contributed by atoms with Crippen LogP contribution in [0.25, 0.3) is 0 Å². The minimum absolute atomic E-state index is 0.00563. The van der Waals surface area contributed by atoms with Gasteiger partial charge in [0.2, 0.25) is 0 Å². The summed E-state index contributed by atoms with van der Waals surface area (Å²) in [5, 5.41) is 3.11. The second-order valence-electron chi connectivity index (χ2n) is 7.56. The van der Waals surface area contributed by atoms with E-state index in [1.165, 1.54) is 25.7 Å². The van der Waals surface area contributed by atoms with Crippen molar-refractivity contribution in [3.05, 3.63) is 22.5 Å². The molecule has 26 heavy (non-hydrogen) atoms. The van der Waals surface area contributed by atoms with E-state index in [0.29, 0.717) is 35.7 Å². The van der Waals surface area contributed by atoms with Crippen LogP contribution in [0.3, 0.4) is 0 Å². The number of carbonyl (C=O) groups is 2. The summed E-state index contributed by atoms with van der Waals surface area (Å²) >= 11 is 0. The fraction of sp³-hybridized carbons (Fsp3) is 0.700. The molecule has 0 aromatic carbocycles. The molecule has 1 heterocycles. The van der Waals surface area contributed by atoms with Gasteiger partial charge in [-0.3, -0.25) is 4.79 Å². The second-order valence-corrected chi connectivity index (χ2v) is 7.56. The zero-order valence-electron chi connectivity index (χ0n) is 16.8. The Morgan fingerprint density at radius 1 is 1.15 bits per heavy atom. The van der Waals surface area contributed by atoms with Crippen LogP contribution in [-0.2, 0) is 4.74 Å². The molecule has 1 aliphatic rings. The topological polar surface area (TPSA) is 74.4 Å². The highest BCUT2D eigenvalue weighted by Gasteiger charge is 2.34. The number of hydrogen-bond acceptors (Lipinski definition) is 4. The molecule has 6 heteroatoms. The Bertz CT molecular complexity index is 641. The van der Waals surface area contributed by atoms with Crippen molar-refractivity contribution < 1.29 is 14.3 Å². The molecular formula is C20H33N3O3. The number of H-pyrrole nitrogens is 1. The molecule has 0 spiro atoms. The lowest BCUT2D eigenvalue weighted by molar-refractivity contribution is 0.0525. The van der Waals surface area contributed by atoms with Crippen molar-refractivity contribution in [1.29, 1.82) is 0 Å². The molecular weight excluding hydrogens is 330 g/mol. The standard InChI is InChI=1S/C20H33N3O3/c1-6-26-19(25)16-14(2)17(22-15(16)3)18(24)21-13-20(23(4)5)11-9-7-8-10-12-20/h22H,6-13H2,1-5H3,(H,21,24). The first-order valence-corrected chi connectivity index (χ1v) is 9.64. The quantitative estimate of drug-likeness (QED) is 0.601. The van der Waals surface area contributed by atoms with E-state index in [2.05, 4.69) is 29.3 Å². The highest BCUT2D eigenvalue weighted by atomic mass is 16.5. The predicted molar refractivity (Wildman–Crippen MR) is 103 cm³/mol. The van der Waals surface area contributed by atoms with Gasteiger partial charge in [-0.1, -0.05) is 25.7 Å². The molecule has 0 radical (unpaired) electrons. The predicted octanol–water partition coefficient (Wildman–Crippen LogP) is 3.19. The summed E-state index contributed by atoms with van der Waals surface area (Å²) < 4.78 is 5.10. The summed E-state index contributed by atoms with van der Waals surface area (Å²) in [6.45, 7) is 6.29. The van der Waals surface area contributed by atoms with Crippen LogP contribution >= 0.6 is 0 Å². The van der Waals surface area contributed by atoms with Crippen molar-refractivity contribution in [2.24, 2.45) is 0 Å². The van der Waals surface area contributed by atoms with Crippen LogP contribution in [0, 0.1) is 13.8 Å². The van der Waals surface area contributed by atoms with Gasteiger partial charge in [0.25, 0.3) is 5.91 Å². The van der Waals surface area contributed by atoms with E-state index in [9.17, 15) is 9.59 Å². The Morgan fingerprint density at radius 2 is 1.77 bits per heavy atom. The Kier molecular flexibility index (Phi) is 6.87. The zero-order valence-corrected chi connectivity index (χ0v) is 16.8. The minimum Gasteiger partial charge on any atom is -0.462 e. The van der Waals surface area contributed by atoms with Crippen molar-refractivity contribution in [2.75, 3.05) is 27.2 Å². The van der Waals surface area contributed by atoms with Crippen LogP contribution in [0.1, 0.15) is 77.6 Å². The molecule has 0 saturated heterocycles. The first-order valence-electron chi connectivity index (χ1n) is 9.64. The molecule has 146 valence electrons. The van der Waals surface area contributed by atoms with E-state index in [0.717, 1.165) is 12.8 Å². The molecule has 0 aliphatic heterocycles. The van der Waals surface area contributed by atoms with E-state index in [1.54, 1.807) is 20.8 Å². The number of aryl methyl sites for hydroxylation is 1. The lowest BCUT2D eigenvalue weighted by atomic mass is 9.88. The van der Waals surface area contributed by atoms with Crippen molar-refractivity contribution in [3.8, 4) is 0 Å². The maximum Gasteiger partial charge on any atom is 0.340 e. The third kappa shape index (κ3) is 4.29. The summed E-state index contributed by atoms with van der Waals surface area (Å²) in [5.41, 5.74) is 2.24. The third-order valence-electron chi connectivity index (χ3n) is 5.71. The smallest absolute Gasteiger partial charge is 0.340 e. The van der Waals surface area contributed by atoms with Crippen molar-refractivity contribution in [2.45, 2.75) is 64.8 Å². The molecule has 1 fully saturated rings. The summed E-state index contributed by atoms with van der Waals surface area (Å²) in [6.07, 6.45) is 7.11. The zero-order chi connectivity index (χ0) is 19.3. The van der Waals surface area contributed by atoms with Gasteiger partial charge in [-0.15, -0.1) is 0 Å². The van der Waals surface area contributed by atoms with E-state index >= 15 is 0 Å². The van der Waals surface area contributed by atoms with Crippen LogP contribution < -0.4 is 5.32 Å². The molecule has 0 bridgehead atoms. The molecule has 1 saturated carbocycles. The Morgan fingerprint density at radius 3 is 2.31 bits per heavy atom. The number of likely N-dealkylation sites (N-methyl/N-ethyl adjacent to an activating group) is 1. The lowest BCUT2D eigenvalue weighted by Crippen LogP contribution is -2.52. The Balaban J connectivity index is 2.14. The number of esters is 1. The number of hydrogen-bond donors (Lipinski definition) is 2. The van der Waals surface area contributed by atoms with Gasteiger partial charge in [-0.05, 0) is 53.3 Å². The van der Waals surface area contributed by atoms with Gasteiger partial charge in [0, 0.05) is 17.8 Å². The number of rotatable bonds is 6. The third-order valence-corrected chi connectivity index (χ3v) is 5.71. The monoisotopic (exact) mass is 363 g/mol. The van der Waals surface area contributed by atoms with E-state index < -0.39 is 0 Å². The summed E-state index contributed by atoms with van der Waals surface area (Å²) in [6, 6.07) is 0. The molecule has 0 unspecified atom stereocenters. The molecule has 1 aliphatic carbocycles. The van der Waals surface area contributed by atoms with Crippen LogP contribution in [0.5, 0.6) is 0 Å². The number of amides is 1. The van der Waals surface area contributed by atoms with E-state index in [4.69, 9.17) is 4.74 Å². The normalized spacial score (nSPS) is 17.0. The Labute approximate surface area is 156 Å². The van der Waals surface area contributed by atoms with Crippen molar-refractivity contribution >= 4 is 11.9 Å². The fourth-order valence-corrected chi connectivity index (χ4v) is 3.99. The van der Waals surface area contributed by atoms with Crippen LogP contribution in [0.2, 0.25) is 0 Å². The number of aromatic amines is 1. The first-order chi connectivity index (χ1) is 12.3. The lowest BCUT2D eigenvalue weighted by Gasteiger charge is -2.39. The molecule has 1 amide bonds. The highest BCUT2D eigenvalue weighted by molar-refractivity contribution is 6.00. The maximum absolute atomic E-state index is 12.8. The second kappa shape index (κ2) is 8.71. The fourth-order valence-electron chi connectivity index (χ4n) is 3.99. The van der Waals surface area contributed by atoms with Gasteiger partial charge in [-0.2, -0.15) is 0 Å².